The fourth-order valence-electron chi connectivity index (χ4n) is 1.99. The predicted molar refractivity (Wildman–Crippen MR) is 89.2 cm³/mol. The summed E-state index contributed by atoms with van der Waals surface area (Å²) in [7, 11) is 1.65. The zero-order valence-corrected chi connectivity index (χ0v) is 13.9. The van der Waals surface area contributed by atoms with Crippen LogP contribution in [0.1, 0.15) is 18.9 Å². The second-order valence-electron chi connectivity index (χ2n) is 4.68. The normalized spacial score (nSPS) is 10.4. The Labute approximate surface area is 134 Å². The molecule has 21 heavy (non-hydrogen) atoms. The number of ether oxygens (including phenoxy) is 2. The third kappa shape index (κ3) is 4.48. The highest BCUT2D eigenvalue weighted by Crippen LogP contribution is 2.34. The molecule has 0 atom stereocenters. The molecule has 0 saturated carbocycles. The van der Waals surface area contributed by atoms with Crippen LogP contribution < -0.4 is 14.8 Å². The molecule has 0 radical (unpaired) electrons. The van der Waals surface area contributed by atoms with Crippen molar-refractivity contribution >= 4 is 15.9 Å². The highest BCUT2D eigenvalue weighted by molar-refractivity contribution is 9.10. The van der Waals surface area contributed by atoms with Crippen LogP contribution >= 0.6 is 15.9 Å². The van der Waals surface area contributed by atoms with Gasteiger partial charge in [0.05, 0.1) is 7.11 Å². The zero-order valence-electron chi connectivity index (χ0n) is 12.4. The highest BCUT2D eigenvalue weighted by atomic mass is 79.9. The molecular weight excluding hydrogens is 330 g/mol. The maximum Gasteiger partial charge on any atom is 0.169 e. The van der Waals surface area contributed by atoms with E-state index in [2.05, 4.69) is 34.2 Å². The molecule has 112 valence electrons. The van der Waals surface area contributed by atoms with Gasteiger partial charge >= 0.3 is 0 Å². The topological polar surface area (TPSA) is 30.5 Å². The number of halogens is 1. The monoisotopic (exact) mass is 349 g/mol. The molecule has 0 aliphatic rings. The molecule has 2 rings (SSSR count). The molecule has 4 heteroatoms. The van der Waals surface area contributed by atoms with Crippen molar-refractivity contribution in [3.05, 3.63) is 52.5 Å². The number of para-hydroxylation sites is 2. The maximum atomic E-state index is 6.05. The van der Waals surface area contributed by atoms with Crippen LogP contribution in [-0.4, -0.2) is 13.7 Å². The van der Waals surface area contributed by atoms with E-state index >= 15 is 0 Å². The van der Waals surface area contributed by atoms with Crippen LogP contribution in [-0.2, 0) is 6.54 Å². The number of methoxy groups -OCH3 is 1. The van der Waals surface area contributed by atoms with E-state index in [4.69, 9.17) is 9.47 Å². The summed E-state index contributed by atoms with van der Waals surface area (Å²) in [5, 5.41) is 3.40. The van der Waals surface area contributed by atoms with Crippen LogP contribution in [0.4, 0.5) is 0 Å². The number of hydrogen-bond donors (Lipinski definition) is 1. The van der Waals surface area contributed by atoms with Gasteiger partial charge in [-0.3, -0.25) is 0 Å². The minimum absolute atomic E-state index is 0.717. The quantitative estimate of drug-likeness (QED) is 0.731. The molecule has 0 saturated heterocycles. The first kappa shape index (κ1) is 15.9. The highest BCUT2D eigenvalue weighted by Gasteiger charge is 2.09. The summed E-state index contributed by atoms with van der Waals surface area (Å²) in [4.78, 5) is 0. The SMILES string of the molecule is CCCNCc1ccc(Br)cc1Oc1ccccc1OC. The van der Waals surface area contributed by atoms with Crippen LogP contribution in [0.5, 0.6) is 17.2 Å². The zero-order chi connectivity index (χ0) is 15.1. The van der Waals surface area contributed by atoms with E-state index < -0.39 is 0 Å². The predicted octanol–water partition coefficient (Wildman–Crippen LogP) is 4.75. The smallest absolute Gasteiger partial charge is 0.169 e. The number of benzene rings is 2. The van der Waals surface area contributed by atoms with Crippen molar-refractivity contribution in [2.24, 2.45) is 0 Å². The lowest BCUT2D eigenvalue weighted by atomic mass is 10.2. The van der Waals surface area contributed by atoms with E-state index in [9.17, 15) is 0 Å². The van der Waals surface area contributed by atoms with Crippen molar-refractivity contribution in [2.45, 2.75) is 19.9 Å². The first-order chi connectivity index (χ1) is 10.2. The van der Waals surface area contributed by atoms with E-state index in [1.165, 1.54) is 0 Å². The van der Waals surface area contributed by atoms with Crippen molar-refractivity contribution in [1.29, 1.82) is 0 Å². The van der Waals surface area contributed by atoms with Gasteiger partial charge in [-0.25, -0.2) is 0 Å². The lowest BCUT2D eigenvalue weighted by Crippen LogP contribution is -2.14. The van der Waals surface area contributed by atoms with Gasteiger partial charge in [-0.05, 0) is 37.2 Å². The van der Waals surface area contributed by atoms with Gasteiger partial charge in [0, 0.05) is 16.6 Å². The van der Waals surface area contributed by atoms with E-state index in [-0.39, 0.29) is 0 Å². The van der Waals surface area contributed by atoms with Crippen LogP contribution in [0.25, 0.3) is 0 Å². The summed E-state index contributed by atoms with van der Waals surface area (Å²) in [5.74, 6) is 2.28. The Hall–Kier alpha value is -1.52. The Morgan fingerprint density at radius 1 is 1.05 bits per heavy atom. The fraction of sp³-hybridized carbons (Fsp3) is 0.294. The van der Waals surface area contributed by atoms with Gasteiger partial charge in [-0.1, -0.05) is 41.1 Å². The van der Waals surface area contributed by atoms with Crippen LogP contribution in [0.2, 0.25) is 0 Å². The summed E-state index contributed by atoms with van der Waals surface area (Å²) in [6.45, 7) is 3.93. The number of hydrogen-bond acceptors (Lipinski definition) is 3. The number of rotatable bonds is 7. The van der Waals surface area contributed by atoms with Crippen LogP contribution in [0, 0.1) is 0 Å². The maximum absolute atomic E-state index is 6.05. The summed E-state index contributed by atoms with van der Waals surface area (Å²) >= 11 is 3.50. The molecule has 0 aromatic heterocycles. The van der Waals surface area contributed by atoms with E-state index in [1.54, 1.807) is 7.11 Å². The Balaban J connectivity index is 2.23. The molecule has 0 heterocycles. The second kappa shape index (κ2) is 8.05. The van der Waals surface area contributed by atoms with Crippen molar-refractivity contribution in [1.82, 2.24) is 5.32 Å². The van der Waals surface area contributed by atoms with Gasteiger partial charge in [0.2, 0.25) is 0 Å². The van der Waals surface area contributed by atoms with Gasteiger partial charge in [0.1, 0.15) is 5.75 Å². The summed E-state index contributed by atoms with van der Waals surface area (Å²) in [5.41, 5.74) is 1.12. The van der Waals surface area contributed by atoms with Gasteiger partial charge in [0.15, 0.2) is 11.5 Å². The molecule has 3 nitrogen and oxygen atoms in total. The fourth-order valence-corrected chi connectivity index (χ4v) is 2.33. The molecular formula is C17H20BrNO2. The third-order valence-corrected chi connectivity index (χ3v) is 3.55. The Morgan fingerprint density at radius 3 is 2.52 bits per heavy atom. The van der Waals surface area contributed by atoms with Gasteiger partial charge < -0.3 is 14.8 Å². The average molecular weight is 350 g/mol. The molecule has 0 aliphatic carbocycles. The van der Waals surface area contributed by atoms with Crippen molar-refractivity contribution in [3.63, 3.8) is 0 Å². The first-order valence-electron chi connectivity index (χ1n) is 7.04. The summed E-state index contributed by atoms with van der Waals surface area (Å²) in [6, 6.07) is 13.7. The van der Waals surface area contributed by atoms with Crippen molar-refractivity contribution in [3.8, 4) is 17.2 Å². The Bertz CT molecular complexity index is 587. The van der Waals surface area contributed by atoms with E-state index in [1.807, 2.05) is 36.4 Å². The molecule has 0 amide bonds. The van der Waals surface area contributed by atoms with E-state index in [0.717, 1.165) is 46.8 Å². The van der Waals surface area contributed by atoms with Gasteiger partial charge in [0.25, 0.3) is 0 Å². The lowest BCUT2D eigenvalue weighted by molar-refractivity contribution is 0.377. The summed E-state index contributed by atoms with van der Waals surface area (Å²) in [6.07, 6.45) is 1.11. The molecule has 0 aliphatic heterocycles. The van der Waals surface area contributed by atoms with Crippen molar-refractivity contribution in [2.75, 3.05) is 13.7 Å². The van der Waals surface area contributed by atoms with Crippen LogP contribution in [0.3, 0.4) is 0 Å². The van der Waals surface area contributed by atoms with Gasteiger partial charge in [-0.2, -0.15) is 0 Å². The number of nitrogens with one attached hydrogen (secondary N) is 1. The Morgan fingerprint density at radius 2 is 1.81 bits per heavy atom. The molecule has 0 bridgehead atoms. The average Bonchev–Trinajstić information content (AvgIpc) is 2.50. The van der Waals surface area contributed by atoms with Crippen LogP contribution in [0.15, 0.2) is 46.9 Å². The molecule has 2 aromatic carbocycles. The summed E-state index contributed by atoms with van der Waals surface area (Å²) < 4.78 is 12.4. The van der Waals surface area contributed by atoms with Crippen molar-refractivity contribution < 1.29 is 9.47 Å². The molecule has 0 unspecified atom stereocenters. The molecule has 1 N–H and O–H groups in total. The Kier molecular flexibility index (Phi) is 6.08. The standard InChI is InChI=1S/C17H20BrNO2/c1-3-10-19-12-13-8-9-14(18)11-17(13)21-16-7-5-4-6-15(16)20-2/h4-9,11,19H,3,10,12H2,1-2H3. The van der Waals surface area contributed by atoms with E-state index in [0.29, 0.717) is 0 Å². The minimum Gasteiger partial charge on any atom is -0.493 e. The molecule has 2 aromatic rings. The first-order valence-corrected chi connectivity index (χ1v) is 7.84. The lowest BCUT2D eigenvalue weighted by Gasteiger charge is -2.14. The third-order valence-electron chi connectivity index (χ3n) is 3.06. The second-order valence-corrected chi connectivity index (χ2v) is 5.60. The molecule has 0 spiro atoms. The van der Waals surface area contributed by atoms with Gasteiger partial charge in [-0.15, -0.1) is 0 Å². The molecule has 0 fully saturated rings. The minimum atomic E-state index is 0.717. The largest absolute Gasteiger partial charge is 0.493 e.